The lowest BCUT2D eigenvalue weighted by Gasteiger charge is -2.18. The molecule has 3 aromatic rings. The number of aromatic nitrogens is 4. The van der Waals surface area contributed by atoms with Gasteiger partial charge in [-0.2, -0.15) is 13.2 Å². The summed E-state index contributed by atoms with van der Waals surface area (Å²) in [7, 11) is 0. The number of carbonyl (C=O) groups excluding carboxylic acids is 1. The van der Waals surface area contributed by atoms with E-state index in [-0.39, 0.29) is 42.5 Å². The van der Waals surface area contributed by atoms with Crippen molar-refractivity contribution in [1.82, 2.24) is 29.8 Å². The molecule has 1 aliphatic carbocycles. The van der Waals surface area contributed by atoms with E-state index in [1.54, 1.807) is 12.3 Å². The summed E-state index contributed by atoms with van der Waals surface area (Å²) in [6.45, 7) is 9.92. The van der Waals surface area contributed by atoms with Gasteiger partial charge in [-0.1, -0.05) is 37.4 Å². The lowest BCUT2D eigenvalue weighted by molar-refractivity contribution is -0.190. The molecule has 1 amide bonds. The summed E-state index contributed by atoms with van der Waals surface area (Å²) in [6.07, 6.45) is 4.64. The number of hydrogen-bond acceptors (Lipinski definition) is 8. The molecule has 4 heterocycles. The minimum absolute atomic E-state index is 0.0668. The number of pyridine rings is 2. The number of unbranched alkanes of at least 4 members (excludes halogenated alkanes) is 1. The first-order valence-corrected chi connectivity index (χ1v) is 16.2. The van der Waals surface area contributed by atoms with Gasteiger partial charge >= 0.3 is 6.18 Å². The van der Waals surface area contributed by atoms with E-state index >= 15 is 0 Å². The third-order valence-corrected chi connectivity index (χ3v) is 8.75. The second kappa shape index (κ2) is 15.0. The Morgan fingerprint density at radius 3 is 2.58 bits per heavy atom. The van der Waals surface area contributed by atoms with Gasteiger partial charge in [0.25, 0.3) is 5.91 Å². The van der Waals surface area contributed by atoms with E-state index in [0.29, 0.717) is 29.5 Å². The number of halogens is 4. The molecule has 246 valence electrons. The van der Waals surface area contributed by atoms with Gasteiger partial charge in [0.05, 0.1) is 17.6 Å². The van der Waals surface area contributed by atoms with Crippen molar-refractivity contribution in [2.24, 2.45) is 11.3 Å². The minimum atomic E-state index is -4.22. The first-order valence-electron chi connectivity index (χ1n) is 15.0. The number of carbonyl (C=O) groups is 1. The Morgan fingerprint density at radius 2 is 1.98 bits per heavy atom. The van der Waals surface area contributed by atoms with Gasteiger partial charge in [0.1, 0.15) is 5.15 Å². The molecule has 0 aromatic carbocycles. The molecular formula is C31H40ClF3N6O3S. The summed E-state index contributed by atoms with van der Waals surface area (Å²) in [5.74, 6) is 1.22. The highest BCUT2D eigenvalue weighted by Crippen LogP contribution is 2.59. The predicted octanol–water partition coefficient (Wildman–Crippen LogP) is 7.67. The van der Waals surface area contributed by atoms with Crippen molar-refractivity contribution in [1.29, 1.82) is 0 Å². The maximum atomic E-state index is 13.0. The van der Waals surface area contributed by atoms with Crippen LogP contribution in [0.2, 0.25) is 5.15 Å². The van der Waals surface area contributed by atoms with Crippen molar-refractivity contribution < 1.29 is 26.9 Å². The Labute approximate surface area is 271 Å². The number of nitrogens with one attached hydrogen (secondary N) is 2. The fourth-order valence-electron chi connectivity index (χ4n) is 5.05. The standard InChI is InChI=1S/C21H19ClF3N5O3S.C10H21N/c1-13-2-5-16(26-12-13)33-34-29-19(31)14-3-4-15(27-18(14)22)30-10-6-17(28-30)32-11-9-20(7-8-20)21(23,24)25;1-4-5-6-9-7-10(2,3)11-8-9/h2-6,10,12H,7-9,11H2,1H3,(H,29,31);9,11H,4-8H2,1-3H3. The third kappa shape index (κ3) is 9.98. The molecule has 1 saturated carbocycles. The third-order valence-electron chi connectivity index (χ3n) is 7.94. The molecule has 2 N–H and O–H groups in total. The van der Waals surface area contributed by atoms with E-state index in [1.165, 1.54) is 61.3 Å². The molecule has 0 bridgehead atoms. The number of aryl methyl sites for hydroxylation is 1. The molecule has 5 rings (SSSR count). The van der Waals surface area contributed by atoms with Crippen LogP contribution in [0.1, 0.15) is 81.6 Å². The van der Waals surface area contributed by atoms with Gasteiger partial charge in [-0.3, -0.25) is 9.52 Å². The van der Waals surface area contributed by atoms with Crippen LogP contribution in [0.4, 0.5) is 13.2 Å². The average molecular weight is 669 g/mol. The molecule has 14 heteroatoms. The maximum Gasteiger partial charge on any atom is 0.394 e. The van der Waals surface area contributed by atoms with E-state index in [9.17, 15) is 18.0 Å². The normalized spacial score (nSPS) is 18.1. The zero-order chi connectivity index (χ0) is 32.7. The lowest BCUT2D eigenvalue weighted by Crippen LogP contribution is -2.31. The van der Waals surface area contributed by atoms with Gasteiger partial charge in [0, 0.05) is 30.1 Å². The molecule has 3 aromatic heterocycles. The van der Waals surface area contributed by atoms with Crippen LogP contribution < -0.4 is 19.0 Å². The van der Waals surface area contributed by atoms with Gasteiger partial charge in [-0.05, 0) is 83.0 Å². The molecule has 1 unspecified atom stereocenters. The van der Waals surface area contributed by atoms with E-state index in [4.69, 9.17) is 20.5 Å². The fraction of sp³-hybridized carbons (Fsp3) is 0.548. The van der Waals surface area contributed by atoms with Crippen LogP contribution >= 0.6 is 23.8 Å². The number of rotatable bonds is 12. The van der Waals surface area contributed by atoms with Crippen molar-refractivity contribution in [2.45, 2.75) is 84.4 Å². The van der Waals surface area contributed by atoms with Crippen molar-refractivity contribution in [3.63, 3.8) is 0 Å². The van der Waals surface area contributed by atoms with Crippen LogP contribution in [0.15, 0.2) is 42.7 Å². The molecule has 1 aliphatic heterocycles. The van der Waals surface area contributed by atoms with Gasteiger partial charge in [0.15, 0.2) is 18.0 Å². The summed E-state index contributed by atoms with van der Waals surface area (Å²) < 4.78 is 53.5. The molecule has 1 atom stereocenters. The smallest absolute Gasteiger partial charge is 0.394 e. The molecule has 0 spiro atoms. The highest BCUT2D eigenvalue weighted by atomic mass is 35.5. The Bertz CT molecular complexity index is 1420. The van der Waals surface area contributed by atoms with Crippen LogP contribution in [-0.4, -0.2) is 50.5 Å². The quantitative estimate of drug-likeness (QED) is 0.115. The van der Waals surface area contributed by atoms with E-state index in [0.717, 1.165) is 11.5 Å². The van der Waals surface area contributed by atoms with Crippen LogP contribution in [-0.2, 0) is 0 Å². The molecule has 0 radical (unpaired) electrons. The molecule has 2 aliphatic rings. The summed E-state index contributed by atoms with van der Waals surface area (Å²) >= 11 is 6.85. The maximum absolute atomic E-state index is 13.0. The van der Waals surface area contributed by atoms with Gasteiger partial charge in [-0.25, -0.2) is 14.6 Å². The van der Waals surface area contributed by atoms with Crippen LogP contribution in [0.5, 0.6) is 11.8 Å². The Morgan fingerprint density at radius 1 is 1.20 bits per heavy atom. The summed E-state index contributed by atoms with van der Waals surface area (Å²) in [6, 6.07) is 7.99. The second-order valence-electron chi connectivity index (χ2n) is 12.2. The van der Waals surface area contributed by atoms with Gasteiger partial charge < -0.3 is 14.2 Å². The monoisotopic (exact) mass is 668 g/mol. The first-order chi connectivity index (χ1) is 21.3. The van der Waals surface area contributed by atoms with Crippen LogP contribution in [0.25, 0.3) is 5.82 Å². The number of nitrogens with zero attached hydrogens (tertiary/aromatic N) is 4. The van der Waals surface area contributed by atoms with Crippen molar-refractivity contribution >= 4 is 29.7 Å². The number of hydrogen-bond donors (Lipinski definition) is 2. The fourth-order valence-corrected chi connectivity index (χ4v) is 5.70. The number of amides is 1. The molecule has 1 saturated heterocycles. The largest absolute Gasteiger partial charge is 0.477 e. The molecule has 2 fully saturated rings. The van der Waals surface area contributed by atoms with E-state index in [1.807, 2.05) is 13.0 Å². The second-order valence-corrected chi connectivity index (χ2v) is 13.1. The Hall–Kier alpha value is -3.03. The average Bonchev–Trinajstić information content (AvgIpc) is 3.51. The van der Waals surface area contributed by atoms with Gasteiger partial charge in [-0.15, -0.1) is 5.10 Å². The highest BCUT2D eigenvalue weighted by Gasteiger charge is 2.62. The van der Waals surface area contributed by atoms with Crippen molar-refractivity contribution in [3.05, 3.63) is 59.0 Å². The minimum Gasteiger partial charge on any atom is -0.477 e. The number of alkyl halides is 3. The van der Waals surface area contributed by atoms with Crippen LogP contribution in [0, 0.1) is 18.3 Å². The Balaban J connectivity index is 0.000000354. The molecular weight excluding hydrogens is 629 g/mol. The zero-order valence-electron chi connectivity index (χ0n) is 25.9. The number of ether oxygens (including phenoxy) is 1. The van der Waals surface area contributed by atoms with Crippen LogP contribution in [0.3, 0.4) is 0 Å². The predicted molar refractivity (Wildman–Crippen MR) is 169 cm³/mol. The lowest BCUT2D eigenvalue weighted by atomic mass is 9.93. The van der Waals surface area contributed by atoms with Gasteiger partial charge in [0.2, 0.25) is 11.8 Å². The SMILES string of the molecule is CCCCC1CNC(C)(C)C1.Cc1ccc(OSNC(=O)c2ccc(-n3ccc(OCCC4(C(F)(F)F)CC4)n3)nc2Cl)nc1. The summed E-state index contributed by atoms with van der Waals surface area (Å²) in [4.78, 5) is 20.6. The van der Waals surface area contributed by atoms with E-state index < -0.39 is 17.5 Å². The summed E-state index contributed by atoms with van der Waals surface area (Å²) in [5, 5.41) is 7.64. The van der Waals surface area contributed by atoms with Crippen molar-refractivity contribution in [2.75, 3.05) is 13.2 Å². The highest BCUT2D eigenvalue weighted by molar-refractivity contribution is 7.93. The zero-order valence-corrected chi connectivity index (χ0v) is 27.5. The molecule has 9 nitrogen and oxygen atoms in total. The first kappa shape index (κ1) is 34.8. The molecule has 45 heavy (non-hydrogen) atoms. The van der Waals surface area contributed by atoms with E-state index in [2.05, 4.69) is 45.9 Å². The Kier molecular flexibility index (Phi) is 11.6. The topological polar surface area (TPSA) is 103 Å². The summed E-state index contributed by atoms with van der Waals surface area (Å²) in [5.41, 5.74) is -0.119. The van der Waals surface area contributed by atoms with Crippen molar-refractivity contribution in [3.8, 4) is 17.6 Å².